The van der Waals surface area contributed by atoms with Crippen LogP contribution in [-0.2, 0) is 0 Å². The van der Waals surface area contributed by atoms with Gasteiger partial charge in [-0.3, -0.25) is 14.9 Å². The molecule has 0 aliphatic heterocycles. The fourth-order valence-electron chi connectivity index (χ4n) is 2.56. The largest absolute Gasteiger partial charge is 0.451 e. The fraction of sp³-hybridized carbons (Fsp3) is 0.0500. The number of fused-ring (bicyclic) bond motifs is 1. The number of nitrogens with one attached hydrogen (secondary N) is 1. The highest BCUT2D eigenvalue weighted by Gasteiger charge is 2.14. The van der Waals surface area contributed by atoms with Crippen LogP contribution in [0.15, 0.2) is 69.2 Å². The normalized spacial score (nSPS) is 10.8. The summed E-state index contributed by atoms with van der Waals surface area (Å²) in [6.07, 6.45) is 0. The number of aromatic nitrogens is 1. The smallest absolute Gasteiger partial charge is 0.293 e. The molecule has 0 unspecified atom stereocenters. The van der Waals surface area contributed by atoms with Crippen molar-refractivity contribution in [2.45, 2.75) is 6.92 Å². The summed E-state index contributed by atoms with van der Waals surface area (Å²) in [5.41, 5.74) is 3.06. The molecule has 2 aromatic heterocycles. The molecule has 0 aliphatic rings. The Morgan fingerprint density at radius 2 is 1.88 bits per heavy atom. The van der Waals surface area contributed by atoms with Crippen LogP contribution in [0.1, 0.15) is 16.1 Å². The monoisotopic (exact) mass is 362 g/mol. The zero-order valence-corrected chi connectivity index (χ0v) is 14.7. The van der Waals surface area contributed by atoms with E-state index in [2.05, 4.69) is 10.3 Å². The molecule has 0 bridgehead atoms. The first-order valence-electron chi connectivity index (χ1n) is 7.97. The molecule has 2 aromatic carbocycles. The summed E-state index contributed by atoms with van der Waals surface area (Å²) >= 11 is 1.32. The van der Waals surface area contributed by atoms with Gasteiger partial charge in [0.2, 0.25) is 0 Å². The first-order chi connectivity index (χ1) is 12.6. The van der Waals surface area contributed by atoms with Gasteiger partial charge >= 0.3 is 0 Å². The number of carbonyl (C=O) groups is 1. The molecular weight excluding hydrogens is 348 g/mol. The molecule has 1 amide bonds. The van der Waals surface area contributed by atoms with Crippen molar-refractivity contribution in [3.63, 3.8) is 0 Å². The molecule has 4 aromatic rings. The lowest BCUT2D eigenvalue weighted by atomic mass is 10.1. The van der Waals surface area contributed by atoms with E-state index in [4.69, 9.17) is 4.42 Å². The number of para-hydroxylation sites is 1. The van der Waals surface area contributed by atoms with Crippen LogP contribution in [0.5, 0.6) is 0 Å². The summed E-state index contributed by atoms with van der Waals surface area (Å²) in [6, 6.07) is 16.0. The lowest BCUT2D eigenvalue weighted by Gasteiger charge is -2.02. The Morgan fingerprint density at radius 3 is 2.69 bits per heavy atom. The van der Waals surface area contributed by atoms with E-state index in [1.165, 1.54) is 23.0 Å². The number of amides is 1. The molecule has 0 aliphatic carbocycles. The van der Waals surface area contributed by atoms with Crippen molar-refractivity contribution in [1.82, 2.24) is 4.98 Å². The number of hydrogen-bond acceptors (Lipinski definition) is 5. The summed E-state index contributed by atoms with van der Waals surface area (Å²) in [4.78, 5) is 29.0. The topological polar surface area (TPSA) is 72.2 Å². The summed E-state index contributed by atoms with van der Waals surface area (Å²) in [5, 5.41) is 5.45. The van der Waals surface area contributed by atoms with Gasteiger partial charge in [0.25, 0.3) is 5.91 Å². The van der Waals surface area contributed by atoms with E-state index in [0.717, 1.165) is 11.3 Å². The minimum absolute atomic E-state index is 0.0409. The zero-order chi connectivity index (χ0) is 18.1. The molecule has 0 saturated carbocycles. The van der Waals surface area contributed by atoms with Crippen molar-refractivity contribution in [2.75, 3.05) is 5.32 Å². The average molecular weight is 362 g/mol. The number of carbonyl (C=O) groups excluding carboxylic acids is 1. The van der Waals surface area contributed by atoms with E-state index < -0.39 is 5.91 Å². The van der Waals surface area contributed by atoms with Crippen LogP contribution in [0, 0.1) is 6.92 Å². The lowest BCUT2D eigenvalue weighted by Crippen LogP contribution is -2.14. The highest BCUT2D eigenvalue weighted by atomic mass is 32.1. The van der Waals surface area contributed by atoms with E-state index in [-0.39, 0.29) is 11.2 Å². The Kier molecular flexibility index (Phi) is 4.10. The van der Waals surface area contributed by atoms with Crippen LogP contribution in [0.2, 0.25) is 0 Å². The predicted octanol–water partition coefficient (Wildman–Crippen LogP) is 4.48. The van der Waals surface area contributed by atoms with Crippen LogP contribution >= 0.6 is 11.3 Å². The van der Waals surface area contributed by atoms with Crippen molar-refractivity contribution in [3.8, 4) is 11.3 Å². The molecule has 0 spiro atoms. The number of rotatable bonds is 3. The van der Waals surface area contributed by atoms with Crippen LogP contribution in [0.4, 0.5) is 5.13 Å². The van der Waals surface area contributed by atoms with Crippen LogP contribution < -0.4 is 10.7 Å². The van der Waals surface area contributed by atoms with Crippen molar-refractivity contribution in [2.24, 2.45) is 0 Å². The maximum atomic E-state index is 12.4. The van der Waals surface area contributed by atoms with Crippen molar-refractivity contribution in [1.29, 1.82) is 0 Å². The molecule has 0 radical (unpaired) electrons. The van der Waals surface area contributed by atoms with Crippen molar-refractivity contribution < 1.29 is 9.21 Å². The van der Waals surface area contributed by atoms with Crippen molar-refractivity contribution >= 4 is 33.3 Å². The second kappa shape index (κ2) is 6.57. The number of nitrogens with zero attached hydrogens (tertiary/aromatic N) is 1. The van der Waals surface area contributed by atoms with Crippen LogP contribution in [0.25, 0.3) is 22.2 Å². The van der Waals surface area contributed by atoms with E-state index in [1.807, 2.05) is 36.6 Å². The Morgan fingerprint density at radius 1 is 1.12 bits per heavy atom. The maximum Gasteiger partial charge on any atom is 0.293 e. The van der Waals surface area contributed by atoms with Gasteiger partial charge in [-0.05, 0) is 19.1 Å². The lowest BCUT2D eigenvalue weighted by molar-refractivity contribution is 0.0997. The van der Waals surface area contributed by atoms with Gasteiger partial charge in [0, 0.05) is 17.0 Å². The minimum atomic E-state index is -0.502. The molecule has 0 saturated heterocycles. The average Bonchev–Trinajstić information content (AvgIpc) is 3.10. The van der Waals surface area contributed by atoms with E-state index in [9.17, 15) is 9.59 Å². The third-order valence-electron chi connectivity index (χ3n) is 3.93. The van der Waals surface area contributed by atoms with Gasteiger partial charge in [0.15, 0.2) is 16.3 Å². The van der Waals surface area contributed by atoms with Gasteiger partial charge in [-0.1, -0.05) is 42.0 Å². The van der Waals surface area contributed by atoms with E-state index in [0.29, 0.717) is 16.1 Å². The summed E-state index contributed by atoms with van der Waals surface area (Å²) < 4.78 is 5.55. The highest BCUT2D eigenvalue weighted by molar-refractivity contribution is 7.14. The Balaban J connectivity index is 1.59. The quantitative estimate of drug-likeness (QED) is 0.583. The van der Waals surface area contributed by atoms with Gasteiger partial charge in [0.1, 0.15) is 5.58 Å². The maximum absolute atomic E-state index is 12.4. The fourth-order valence-corrected chi connectivity index (χ4v) is 3.28. The number of hydrogen-bond donors (Lipinski definition) is 1. The second-order valence-corrected chi connectivity index (χ2v) is 6.69. The first kappa shape index (κ1) is 16.2. The molecule has 5 nitrogen and oxygen atoms in total. The molecule has 0 atom stereocenters. The SMILES string of the molecule is Cc1ccc(-c2csc(NC(=O)c3cc(=O)c4ccccc4o3)n2)cc1. The Hall–Kier alpha value is -3.25. The number of anilines is 1. The summed E-state index contributed by atoms with van der Waals surface area (Å²) in [6.45, 7) is 2.02. The Bertz CT molecular complexity index is 1160. The summed E-state index contributed by atoms with van der Waals surface area (Å²) in [5.74, 6) is -0.543. The third kappa shape index (κ3) is 3.14. The highest BCUT2D eigenvalue weighted by Crippen LogP contribution is 2.25. The van der Waals surface area contributed by atoms with Gasteiger partial charge in [-0.25, -0.2) is 4.98 Å². The van der Waals surface area contributed by atoms with Crippen molar-refractivity contribution in [3.05, 3.63) is 81.5 Å². The standard InChI is InChI=1S/C20H14N2O3S/c1-12-6-8-13(9-7-12)15-11-26-20(21-15)22-19(24)18-10-16(23)14-4-2-3-5-17(14)25-18/h2-11H,1H3,(H,21,22,24). The van der Waals surface area contributed by atoms with E-state index >= 15 is 0 Å². The molecule has 6 heteroatoms. The van der Waals surface area contributed by atoms with Crippen LogP contribution in [-0.4, -0.2) is 10.9 Å². The number of aryl methyl sites for hydroxylation is 1. The molecule has 1 N–H and O–H groups in total. The Labute approximate surface area is 152 Å². The summed E-state index contributed by atoms with van der Waals surface area (Å²) in [7, 11) is 0. The van der Waals surface area contributed by atoms with Gasteiger partial charge in [0.05, 0.1) is 11.1 Å². The first-order valence-corrected chi connectivity index (χ1v) is 8.85. The van der Waals surface area contributed by atoms with E-state index in [1.54, 1.807) is 24.3 Å². The molecule has 2 heterocycles. The minimum Gasteiger partial charge on any atom is -0.451 e. The van der Waals surface area contributed by atoms with Gasteiger partial charge in [-0.2, -0.15) is 0 Å². The molecule has 26 heavy (non-hydrogen) atoms. The number of benzene rings is 2. The second-order valence-electron chi connectivity index (χ2n) is 5.83. The third-order valence-corrected chi connectivity index (χ3v) is 4.69. The molecule has 128 valence electrons. The van der Waals surface area contributed by atoms with Crippen LogP contribution in [0.3, 0.4) is 0 Å². The molecular formula is C20H14N2O3S. The molecule has 0 fully saturated rings. The number of thiazole rings is 1. The zero-order valence-electron chi connectivity index (χ0n) is 13.9. The van der Waals surface area contributed by atoms with Gasteiger partial charge < -0.3 is 4.42 Å². The van der Waals surface area contributed by atoms with Gasteiger partial charge in [-0.15, -0.1) is 11.3 Å². The predicted molar refractivity (Wildman–Crippen MR) is 103 cm³/mol. The molecule has 4 rings (SSSR count).